The Bertz CT molecular complexity index is 827. The highest BCUT2D eigenvalue weighted by Crippen LogP contribution is 2.30. The van der Waals surface area contributed by atoms with Crippen LogP contribution in [0, 0.1) is 0 Å². The number of nitrogens with zero attached hydrogens (tertiary/aromatic N) is 1. The minimum absolute atomic E-state index is 0.133. The van der Waals surface area contributed by atoms with Crippen molar-refractivity contribution in [2.24, 2.45) is 0 Å². The molecule has 0 unspecified atom stereocenters. The van der Waals surface area contributed by atoms with Gasteiger partial charge in [0.1, 0.15) is 11.3 Å². The molecular weight excluding hydrogens is 310 g/mol. The van der Waals surface area contributed by atoms with Crippen molar-refractivity contribution in [3.8, 4) is 5.75 Å². The Kier molecular flexibility index (Phi) is 3.53. The lowest BCUT2D eigenvalue weighted by molar-refractivity contribution is 0.0694. The molecule has 0 saturated heterocycles. The molecule has 2 aromatic carbocycles. The molecule has 1 aromatic heterocycles. The zero-order chi connectivity index (χ0) is 15.0. The van der Waals surface area contributed by atoms with Crippen LogP contribution < -0.4 is 0 Å². The van der Waals surface area contributed by atoms with E-state index in [4.69, 9.17) is 16.7 Å². The molecule has 4 nitrogen and oxygen atoms in total. The van der Waals surface area contributed by atoms with Gasteiger partial charge in [-0.2, -0.15) is 0 Å². The summed E-state index contributed by atoms with van der Waals surface area (Å²) in [6, 6.07) is 10.3. The van der Waals surface area contributed by atoms with E-state index in [2.05, 4.69) is 4.98 Å². The summed E-state index contributed by atoms with van der Waals surface area (Å²) < 4.78 is 0.765. The van der Waals surface area contributed by atoms with Gasteiger partial charge >= 0.3 is 5.97 Å². The minimum Gasteiger partial charge on any atom is -0.507 e. The molecule has 21 heavy (non-hydrogen) atoms. The molecule has 0 aliphatic rings. The molecule has 0 spiro atoms. The van der Waals surface area contributed by atoms with E-state index in [-0.39, 0.29) is 11.3 Å². The van der Waals surface area contributed by atoms with Crippen LogP contribution in [0.25, 0.3) is 10.2 Å². The number of aromatic nitrogens is 1. The standard InChI is InChI=1S/C15H10ClNO3S/c16-9-3-1-8(2-4-9)5-14-17-11-6-10(15(19)20)12(18)7-13(11)21-14/h1-4,6-7,18H,5H2,(H,19,20). The zero-order valence-corrected chi connectivity index (χ0v) is 12.3. The maximum Gasteiger partial charge on any atom is 0.339 e. The van der Waals surface area contributed by atoms with E-state index < -0.39 is 5.97 Å². The summed E-state index contributed by atoms with van der Waals surface area (Å²) >= 11 is 7.28. The summed E-state index contributed by atoms with van der Waals surface area (Å²) in [5.41, 5.74) is 1.52. The lowest BCUT2D eigenvalue weighted by Gasteiger charge is -1.97. The number of aromatic carboxylic acids is 1. The first-order valence-corrected chi connectivity index (χ1v) is 7.32. The maximum atomic E-state index is 11.0. The number of carboxylic acid groups (broad SMARTS) is 1. The second kappa shape index (κ2) is 5.35. The van der Waals surface area contributed by atoms with E-state index in [1.165, 1.54) is 23.5 Å². The van der Waals surface area contributed by atoms with Crippen LogP contribution in [0.2, 0.25) is 5.02 Å². The number of halogens is 1. The Hall–Kier alpha value is -2.11. The van der Waals surface area contributed by atoms with Gasteiger partial charge in [0.05, 0.1) is 15.2 Å². The third kappa shape index (κ3) is 2.84. The second-order valence-corrected chi connectivity index (χ2v) is 6.10. The normalized spacial score (nSPS) is 10.9. The third-order valence-electron chi connectivity index (χ3n) is 3.05. The van der Waals surface area contributed by atoms with Crippen molar-refractivity contribution in [2.75, 3.05) is 0 Å². The van der Waals surface area contributed by atoms with Gasteiger partial charge in [-0.3, -0.25) is 0 Å². The van der Waals surface area contributed by atoms with Crippen molar-refractivity contribution in [2.45, 2.75) is 6.42 Å². The van der Waals surface area contributed by atoms with Crippen molar-refractivity contribution in [1.82, 2.24) is 4.98 Å². The van der Waals surface area contributed by atoms with Crippen molar-refractivity contribution < 1.29 is 15.0 Å². The molecular formula is C15H10ClNO3S. The van der Waals surface area contributed by atoms with Crippen molar-refractivity contribution in [3.63, 3.8) is 0 Å². The SMILES string of the molecule is O=C(O)c1cc2nc(Cc3ccc(Cl)cc3)sc2cc1O. The summed E-state index contributed by atoms with van der Waals surface area (Å²) in [7, 11) is 0. The van der Waals surface area contributed by atoms with Crippen molar-refractivity contribution in [3.05, 3.63) is 57.6 Å². The Labute approximate surface area is 129 Å². The molecule has 3 aromatic rings. The molecule has 3 rings (SSSR count). The van der Waals surface area contributed by atoms with E-state index in [1.807, 2.05) is 24.3 Å². The first-order valence-electron chi connectivity index (χ1n) is 6.13. The number of phenols is 1. The number of rotatable bonds is 3. The molecule has 2 N–H and O–H groups in total. The predicted octanol–water partition coefficient (Wildman–Crippen LogP) is 3.94. The summed E-state index contributed by atoms with van der Waals surface area (Å²) in [6.45, 7) is 0. The van der Waals surface area contributed by atoms with Gasteiger partial charge in [-0.1, -0.05) is 23.7 Å². The average molecular weight is 320 g/mol. The molecule has 0 bridgehead atoms. The van der Waals surface area contributed by atoms with Crippen LogP contribution in [0.1, 0.15) is 20.9 Å². The van der Waals surface area contributed by atoms with Gasteiger partial charge in [-0.15, -0.1) is 11.3 Å². The third-order valence-corrected chi connectivity index (χ3v) is 4.32. The smallest absolute Gasteiger partial charge is 0.339 e. The van der Waals surface area contributed by atoms with Gasteiger partial charge < -0.3 is 10.2 Å². The van der Waals surface area contributed by atoms with Gasteiger partial charge in [0, 0.05) is 17.5 Å². The fourth-order valence-corrected chi connectivity index (χ4v) is 3.18. The molecule has 0 radical (unpaired) electrons. The topological polar surface area (TPSA) is 70.4 Å². The Balaban J connectivity index is 1.97. The number of carbonyl (C=O) groups is 1. The number of hydrogen-bond acceptors (Lipinski definition) is 4. The van der Waals surface area contributed by atoms with E-state index in [9.17, 15) is 9.90 Å². The van der Waals surface area contributed by atoms with Crippen LogP contribution in [0.4, 0.5) is 0 Å². The average Bonchev–Trinajstić information content (AvgIpc) is 2.81. The van der Waals surface area contributed by atoms with Gasteiger partial charge in [0.15, 0.2) is 0 Å². The molecule has 0 fully saturated rings. The highest BCUT2D eigenvalue weighted by atomic mass is 35.5. The van der Waals surface area contributed by atoms with Gasteiger partial charge in [0.2, 0.25) is 0 Å². The molecule has 106 valence electrons. The van der Waals surface area contributed by atoms with E-state index in [1.54, 1.807) is 0 Å². The van der Waals surface area contributed by atoms with E-state index in [0.717, 1.165) is 15.3 Å². The zero-order valence-electron chi connectivity index (χ0n) is 10.7. The number of benzene rings is 2. The van der Waals surface area contributed by atoms with Crippen LogP contribution in [-0.4, -0.2) is 21.2 Å². The Morgan fingerprint density at radius 1 is 1.24 bits per heavy atom. The molecule has 6 heteroatoms. The van der Waals surface area contributed by atoms with Crippen molar-refractivity contribution >= 4 is 39.1 Å². The summed E-state index contributed by atoms with van der Waals surface area (Å²) in [6.07, 6.45) is 0.639. The quantitative estimate of drug-likeness (QED) is 0.767. The highest BCUT2D eigenvalue weighted by molar-refractivity contribution is 7.18. The molecule has 0 aliphatic heterocycles. The van der Waals surface area contributed by atoms with Crippen LogP contribution in [0.3, 0.4) is 0 Å². The molecule has 0 saturated carbocycles. The Morgan fingerprint density at radius 2 is 1.95 bits per heavy atom. The molecule has 1 heterocycles. The summed E-state index contributed by atoms with van der Waals surface area (Å²) in [4.78, 5) is 15.4. The van der Waals surface area contributed by atoms with Crippen molar-refractivity contribution in [1.29, 1.82) is 0 Å². The maximum absolute atomic E-state index is 11.0. The fraction of sp³-hybridized carbons (Fsp3) is 0.0667. The first-order chi connectivity index (χ1) is 10.0. The highest BCUT2D eigenvalue weighted by Gasteiger charge is 2.14. The largest absolute Gasteiger partial charge is 0.507 e. The van der Waals surface area contributed by atoms with Crippen LogP contribution in [0.5, 0.6) is 5.75 Å². The van der Waals surface area contributed by atoms with Crippen LogP contribution in [0.15, 0.2) is 36.4 Å². The molecule has 0 aliphatic carbocycles. The number of hydrogen-bond donors (Lipinski definition) is 2. The lowest BCUT2D eigenvalue weighted by Crippen LogP contribution is -1.96. The van der Waals surface area contributed by atoms with Crippen LogP contribution >= 0.6 is 22.9 Å². The van der Waals surface area contributed by atoms with E-state index in [0.29, 0.717) is 17.0 Å². The van der Waals surface area contributed by atoms with Gasteiger partial charge in [0.25, 0.3) is 0 Å². The second-order valence-electron chi connectivity index (χ2n) is 4.55. The predicted molar refractivity (Wildman–Crippen MR) is 82.5 cm³/mol. The lowest BCUT2D eigenvalue weighted by atomic mass is 10.1. The van der Waals surface area contributed by atoms with Gasteiger partial charge in [-0.05, 0) is 23.8 Å². The summed E-state index contributed by atoms with van der Waals surface area (Å²) in [5.74, 6) is -1.40. The number of aromatic hydroxyl groups is 1. The number of thiazole rings is 1. The number of fused-ring (bicyclic) bond motifs is 1. The monoisotopic (exact) mass is 319 g/mol. The molecule has 0 amide bonds. The first kappa shape index (κ1) is 13.9. The fourth-order valence-electron chi connectivity index (χ4n) is 2.03. The Morgan fingerprint density at radius 3 is 2.62 bits per heavy atom. The number of carboxylic acids is 1. The minimum atomic E-state index is -1.17. The van der Waals surface area contributed by atoms with Crippen LogP contribution in [-0.2, 0) is 6.42 Å². The molecule has 0 atom stereocenters. The van der Waals surface area contributed by atoms with Gasteiger partial charge in [-0.25, -0.2) is 9.78 Å². The summed E-state index contributed by atoms with van der Waals surface area (Å²) in [5, 5.41) is 20.2. The van der Waals surface area contributed by atoms with E-state index >= 15 is 0 Å².